The van der Waals surface area contributed by atoms with Crippen LogP contribution in [0.5, 0.6) is 0 Å². The molecule has 0 saturated carbocycles. The van der Waals surface area contributed by atoms with Crippen LogP contribution in [-0.2, 0) is 11.3 Å². The van der Waals surface area contributed by atoms with Gasteiger partial charge in [0.1, 0.15) is 5.76 Å². The summed E-state index contributed by atoms with van der Waals surface area (Å²) in [6.45, 7) is 5.31. The van der Waals surface area contributed by atoms with Crippen molar-refractivity contribution in [2.45, 2.75) is 32.9 Å². The minimum atomic E-state index is -0.764. The van der Waals surface area contributed by atoms with Crippen molar-refractivity contribution in [3.8, 4) is 0 Å². The third kappa shape index (κ3) is 4.16. The monoisotopic (exact) mass is 211 g/mol. The number of hydrogen-bond donors (Lipinski definition) is 1. The summed E-state index contributed by atoms with van der Waals surface area (Å²) in [5, 5.41) is 8.62. The summed E-state index contributed by atoms with van der Waals surface area (Å²) < 4.78 is 5.23. The maximum absolute atomic E-state index is 10.5. The number of carboxylic acids is 1. The number of furan rings is 1. The highest BCUT2D eigenvalue weighted by molar-refractivity contribution is 5.66. The molecule has 0 atom stereocenters. The van der Waals surface area contributed by atoms with Gasteiger partial charge >= 0.3 is 5.97 Å². The highest BCUT2D eigenvalue weighted by atomic mass is 16.4. The van der Waals surface area contributed by atoms with Crippen LogP contribution < -0.4 is 0 Å². The molecule has 0 amide bonds. The average Bonchev–Trinajstić information content (AvgIpc) is 2.63. The van der Waals surface area contributed by atoms with Gasteiger partial charge in [-0.15, -0.1) is 0 Å². The van der Waals surface area contributed by atoms with Crippen molar-refractivity contribution in [1.82, 2.24) is 4.90 Å². The summed E-state index contributed by atoms with van der Waals surface area (Å²) in [5.41, 5.74) is 0. The Bertz CT molecular complexity index is 293. The van der Waals surface area contributed by atoms with Crippen molar-refractivity contribution >= 4 is 5.97 Å². The van der Waals surface area contributed by atoms with E-state index in [0.717, 1.165) is 5.76 Å². The second-order valence-corrected chi connectivity index (χ2v) is 3.79. The van der Waals surface area contributed by atoms with Crippen molar-refractivity contribution in [2.24, 2.45) is 0 Å². The van der Waals surface area contributed by atoms with Gasteiger partial charge in [-0.2, -0.15) is 0 Å². The van der Waals surface area contributed by atoms with Crippen LogP contribution in [0, 0.1) is 0 Å². The Kier molecular flexibility index (Phi) is 4.37. The van der Waals surface area contributed by atoms with Gasteiger partial charge in [0.15, 0.2) is 0 Å². The number of nitrogens with zero attached hydrogens (tertiary/aromatic N) is 1. The average molecular weight is 211 g/mol. The first-order chi connectivity index (χ1) is 7.09. The van der Waals surface area contributed by atoms with Gasteiger partial charge < -0.3 is 9.52 Å². The lowest BCUT2D eigenvalue weighted by atomic mass is 10.2. The van der Waals surface area contributed by atoms with E-state index in [1.165, 1.54) is 0 Å². The van der Waals surface area contributed by atoms with Crippen LogP contribution in [0.25, 0.3) is 0 Å². The first-order valence-corrected chi connectivity index (χ1v) is 5.08. The lowest BCUT2D eigenvalue weighted by Gasteiger charge is -2.24. The Labute approximate surface area is 89.5 Å². The summed E-state index contributed by atoms with van der Waals surface area (Å²) in [6, 6.07) is 4.05. The van der Waals surface area contributed by atoms with E-state index in [-0.39, 0.29) is 6.42 Å². The van der Waals surface area contributed by atoms with E-state index in [1.807, 2.05) is 26.0 Å². The summed E-state index contributed by atoms with van der Waals surface area (Å²) in [5.74, 6) is 0.106. The zero-order valence-corrected chi connectivity index (χ0v) is 9.14. The van der Waals surface area contributed by atoms with Gasteiger partial charge in [0.25, 0.3) is 0 Å². The smallest absolute Gasteiger partial charge is 0.304 e. The van der Waals surface area contributed by atoms with E-state index in [9.17, 15) is 4.79 Å². The molecule has 4 nitrogen and oxygen atoms in total. The maximum atomic E-state index is 10.5. The van der Waals surface area contributed by atoms with Crippen molar-refractivity contribution < 1.29 is 14.3 Å². The van der Waals surface area contributed by atoms with Crippen molar-refractivity contribution in [3.63, 3.8) is 0 Å². The predicted molar refractivity (Wildman–Crippen MR) is 56.5 cm³/mol. The summed E-state index contributed by atoms with van der Waals surface area (Å²) in [6.07, 6.45) is 1.80. The maximum Gasteiger partial charge on any atom is 0.304 e. The largest absolute Gasteiger partial charge is 0.481 e. The van der Waals surface area contributed by atoms with Crippen LogP contribution in [-0.4, -0.2) is 28.6 Å². The molecule has 0 aliphatic heterocycles. The molecule has 1 aromatic rings. The molecule has 1 rings (SSSR count). The number of rotatable bonds is 6. The Balaban J connectivity index is 2.47. The summed E-state index contributed by atoms with van der Waals surface area (Å²) in [4.78, 5) is 12.6. The topological polar surface area (TPSA) is 53.7 Å². The van der Waals surface area contributed by atoms with Crippen LogP contribution in [0.15, 0.2) is 22.8 Å². The van der Waals surface area contributed by atoms with E-state index in [4.69, 9.17) is 9.52 Å². The summed E-state index contributed by atoms with van der Waals surface area (Å²) in [7, 11) is 0. The van der Waals surface area contributed by atoms with Crippen LogP contribution in [0.2, 0.25) is 0 Å². The fourth-order valence-corrected chi connectivity index (χ4v) is 1.36. The molecule has 1 heterocycles. The molecule has 0 aliphatic carbocycles. The van der Waals surface area contributed by atoms with Crippen molar-refractivity contribution in [1.29, 1.82) is 0 Å². The Hall–Kier alpha value is -1.29. The quantitative estimate of drug-likeness (QED) is 0.781. The molecule has 0 unspecified atom stereocenters. The molecule has 0 bridgehead atoms. The molecule has 15 heavy (non-hydrogen) atoms. The molecule has 0 aliphatic rings. The lowest BCUT2D eigenvalue weighted by Crippen LogP contribution is -2.32. The fraction of sp³-hybridized carbons (Fsp3) is 0.545. The minimum Gasteiger partial charge on any atom is -0.481 e. The van der Waals surface area contributed by atoms with E-state index < -0.39 is 5.97 Å². The first kappa shape index (κ1) is 11.8. The normalized spacial score (nSPS) is 11.2. The lowest BCUT2D eigenvalue weighted by molar-refractivity contribution is -0.137. The van der Waals surface area contributed by atoms with Gasteiger partial charge in [0, 0.05) is 12.6 Å². The zero-order valence-electron chi connectivity index (χ0n) is 9.14. The van der Waals surface area contributed by atoms with Gasteiger partial charge in [0.05, 0.1) is 19.2 Å². The third-order valence-corrected chi connectivity index (χ3v) is 2.28. The van der Waals surface area contributed by atoms with Crippen LogP contribution in [0.3, 0.4) is 0 Å². The molecule has 1 N–H and O–H groups in total. The number of carbonyl (C=O) groups is 1. The first-order valence-electron chi connectivity index (χ1n) is 5.08. The Morgan fingerprint density at radius 2 is 2.33 bits per heavy atom. The Morgan fingerprint density at radius 3 is 2.80 bits per heavy atom. The standard InChI is InChI=1S/C11H17NO3/c1-9(2)12(6-5-11(13)14)8-10-4-3-7-15-10/h3-4,7,9H,5-6,8H2,1-2H3,(H,13,14). The van der Waals surface area contributed by atoms with Crippen LogP contribution in [0.1, 0.15) is 26.0 Å². The Morgan fingerprint density at radius 1 is 1.60 bits per heavy atom. The minimum absolute atomic E-state index is 0.166. The second kappa shape index (κ2) is 5.56. The molecular weight excluding hydrogens is 194 g/mol. The fourth-order valence-electron chi connectivity index (χ4n) is 1.36. The highest BCUT2D eigenvalue weighted by Crippen LogP contribution is 2.09. The van der Waals surface area contributed by atoms with E-state index >= 15 is 0 Å². The molecule has 1 aromatic heterocycles. The SMILES string of the molecule is CC(C)N(CCC(=O)O)Cc1ccco1. The zero-order chi connectivity index (χ0) is 11.3. The van der Waals surface area contributed by atoms with E-state index in [1.54, 1.807) is 6.26 Å². The molecule has 0 saturated heterocycles. The molecular formula is C11H17NO3. The van der Waals surface area contributed by atoms with Gasteiger partial charge in [0.2, 0.25) is 0 Å². The van der Waals surface area contributed by atoms with E-state index in [2.05, 4.69) is 4.90 Å². The number of carboxylic acid groups (broad SMARTS) is 1. The predicted octanol–water partition coefficient (Wildman–Crippen LogP) is 1.96. The third-order valence-electron chi connectivity index (χ3n) is 2.28. The van der Waals surface area contributed by atoms with Gasteiger partial charge in [-0.1, -0.05) is 0 Å². The number of aliphatic carboxylic acids is 1. The van der Waals surface area contributed by atoms with Crippen LogP contribution >= 0.6 is 0 Å². The van der Waals surface area contributed by atoms with Crippen molar-refractivity contribution in [3.05, 3.63) is 24.2 Å². The molecule has 0 radical (unpaired) electrons. The highest BCUT2D eigenvalue weighted by Gasteiger charge is 2.12. The molecule has 0 aromatic carbocycles. The van der Waals surface area contributed by atoms with Gasteiger partial charge in [-0.3, -0.25) is 9.69 Å². The molecule has 0 fully saturated rings. The second-order valence-electron chi connectivity index (χ2n) is 3.79. The molecule has 0 spiro atoms. The van der Waals surface area contributed by atoms with Gasteiger partial charge in [-0.05, 0) is 26.0 Å². The summed E-state index contributed by atoms with van der Waals surface area (Å²) >= 11 is 0. The van der Waals surface area contributed by atoms with Gasteiger partial charge in [-0.25, -0.2) is 0 Å². The van der Waals surface area contributed by atoms with Crippen LogP contribution in [0.4, 0.5) is 0 Å². The molecule has 4 heteroatoms. The van der Waals surface area contributed by atoms with E-state index in [0.29, 0.717) is 19.1 Å². The number of hydrogen-bond acceptors (Lipinski definition) is 3. The molecule has 84 valence electrons. The van der Waals surface area contributed by atoms with Crippen molar-refractivity contribution in [2.75, 3.05) is 6.54 Å².